The number of alkyl halides is 6. The fourth-order valence-corrected chi connectivity index (χ4v) is 2.72. The predicted octanol–water partition coefficient (Wildman–Crippen LogP) is 4.05. The molecular formula is C19H13ClF6N6O2. The lowest BCUT2D eigenvalue weighted by Crippen LogP contribution is -2.44. The number of nitrogens with one attached hydrogen (secondary N) is 2. The topological polar surface area (TPSA) is 102 Å². The molecule has 15 heteroatoms. The molecule has 0 bridgehead atoms. The molecule has 0 aliphatic carbocycles. The Kier molecular flexibility index (Phi) is 6.82. The van der Waals surface area contributed by atoms with Crippen molar-refractivity contribution in [3.8, 4) is 11.4 Å². The first kappa shape index (κ1) is 25.0. The average Bonchev–Trinajstić information content (AvgIpc) is 3.26. The second kappa shape index (κ2) is 9.29. The lowest BCUT2D eigenvalue weighted by atomic mass is 10.0. The Morgan fingerprint density at radius 2 is 1.50 bits per heavy atom. The Hall–Kier alpha value is -3.68. The molecule has 0 saturated carbocycles. The molecule has 1 atom stereocenters. The summed E-state index contributed by atoms with van der Waals surface area (Å²) in [4.78, 5) is 25.0. The first-order valence-corrected chi connectivity index (χ1v) is 9.58. The molecule has 34 heavy (non-hydrogen) atoms. The van der Waals surface area contributed by atoms with Crippen LogP contribution < -0.4 is 10.9 Å². The molecule has 3 aromatic rings. The van der Waals surface area contributed by atoms with Gasteiger partial charge >= 0.3 is 12.4 Å². The highest BCUT2D eigenvalue weighted by Crippen LogP contribution is 2.38. The Balaban J connectivity index is 1.77. The molecule has 1 heterocycles. The number of hydrazine groups is 1. The number of amides is 2. The second-order valence-corrected chi connectivity index (χ2v) is 7.29. The van der Waals surface area contributed by atoms with Crippen LogP contribution in [0, 0.1) is 0 Å². The van der Waals surface area contributed by atoms with Gasteiger partial charge in [-0.3, -0.25) is 20.4 Å². The average molecular weight is 507 g/mol. The fraction of sp³-hybridized carbons (Fsp3) is 0.211. The van der Waals surface area contributed by atoms with Crippen molar-refractivity contribution in [1.82, 2.24) is 31.1 Å². The Morgan fingerprint density at radius 3 is 2.03 bits per heavy atom. The van der Waals surface area contributed by atoms with Gasteiger partial charge in [0.05, 0.1) is 11.1 Å². The van der Waals surface area contributed by atoms with E-state index >= 15 is 0 Å². The molecule has 0 aliphatic rings. The predicted molar refractivity (Wildman–Crippen MR) is 105 cm³/mol. The van der Waals surface area contributed by atoms with E-state index in [2.05, 4.69) is 26.3 Å². The fourth-order valence-electron chi connectivity index (χ4n) is 2.59. The molecular weight excluding hydrogens is 494 g/mol. The Morgan fingerprint density at radius 1 is 0.941 bits per heavy atom. The van der Waals surface area contributed by atoms with E-state index in [1.165, 1.54) is 31.2 Å². The monoisotopic (exact) mass is 506 g/mol. The number of rotatable bonds is 4. The third-order valence-corrected chi connectivity index (χ3v) is 4.66. The number of aromatic nitrogens is 4. The van der Waals surface area contributed by atoms with Gasteiger partial charge in [-0.25, -0.2) is 0 Å². The number of carbonyl (C=O) groups is 2. The first-order chi connectivity index (χ1) is 15.8. The Labute approximate surface area is 191 Å². The van der Waals surface area contributed by atoms with Crippen molar-refractivity contribution in [1.29, 1.82) is 0 Å². The zero-order valence-corrected chi connectivity index (χ0v) is 17.6. The molecule has 2 N–H and O–H groups in total. The van der Waals surface area contributed by atoms with Gasteiger partial charge in [0, 0.05) is 16.1 Å². The molecule has 180 valence electrons. The highest BCUT2D eigenvalue weighted by molar-refractivity contribution is 6.30. The first-order valence-electron chi connectivity index (χ1n) is 9.21. The molecule has 0 unspecified atom stereocenters. The van der Waals surface area contributed by atoms with Gasteiger partial charge in [-0.15, -0.1) is 10.2 Å². The maximum atomic E-state index is 13.1. The number of carbonyl (C=O) groups excluding carboxylic acids is 2. The van der Waals surface area contributed by atoms with Crippen molar-refractivity contribution < 1.29 is 35.9 Å². The van der Waals surface area contributed by atoms with Crippen molar-refractivity contribution in [2.75, 3.05) is 0 Å². The minimum atomic E-state index is -5.05. The third kappa shape index (κ3) is 5.81. The summed E-state index contributed by atoms with van der Waals surface area (Å²) in [7, 11) is 0. The lowest BCUT2D eigenvalue weighted by Gasteiger charge is -2.13. The van der Waals surface area contributed by atoms with Gasteiger partial charge in [-0.1, -0.05) is 11.6 Å². The summed E-state index contributed by atoms with van der Waals surface area (Å²) in [5, 5.41) is 11.1. The largest absolute Gasteiger partial charge is 0.416 e. The van der Waals surface area contributed by atoms with Crippen LogP contribution in [0.15, 0.2) is 42.5 Å². The molecule has 2 aromatic carbocycles. The maximum Gasteiger partial charge on any atom is 0.416 e. The van der Waals surface area contributed by atoms with Gasteiger partial charge in [-0.05, 0) is 54.6 Å². The van der Waals surface area contributed by atoms with E-state index in [9.17, 15) is 35.9 Å². The normalized spacial score (nSPS) is 12.8. The number of benzene rings is 2. The second-order valence-electron chi connectivity index (χ2n) is 6.85. The van der Waals surface area contributed by atoms with E-state index in [1.807, 2.05) is 0 Å². The minimum absolute atomic E-state index is 0.0344. The summed E-state index contributed by atoms with van der Waals surface area (Å²) in [5.74, 6) is -2.08. The number of hydrogen-bond acceptors (Lipinski definition) is 5. The summed E-state index contributed by atoms with van der Waals surface area (Å²) in [6, 6.07) is 5.33. The Bertz CT molecular complexity index is 1180. The van der Waals surface area contributed by atoms with E-state index in [1.54, 1.807) is 0 Å². The zero-order valence-electron chi connectivity index (χ0n) is 16.9. The standard InChI is InChI=1S/C19H13ClF6N6O2/c1-9(16(33)28-29-17(34)10-2-4-14(20)5-3-10)32-30-15(27-31-32)11-6-12(18(21,22)23)8-13(7-11)19(24,25)26/h2-9H,1H3,(H,28,33)(H,29,34)/t9-/m0/s1. The smallest absolute Gasteiger partial charge is 0.271 e. The van der Waals surface area contributed by atoms with Crippen LogP contribution in [0.4, 0.5) is 26.3 Å². The molecule has 0 fully saturated rings. The van der Waals surface area contributed by atoms with Gasteiger partial charge < -0.3 is 0 Å². The quantitative estimate of drug-likeness (QED) is 0.410. The van der Waals surface area contributed by atoms with E-state index in [0.29, 0.717) is 22.0 Å². The molecule has 8 nitrogen and oxygen atoms in total. The third-order valence-electron chi connectivity index (χ3n) is 4.41. The van der Waals surface area contributed by atoms with Crippen molar-refractivity contribution in [2.45, 2.75) is 25.3 Å². The molecule has 3 rings (SSSR count). The highest BCUT2D eigenvalue weighted by atomic mass is 35.5. The van der Waals surface area contributed by atoms with Crippen LogP contribution in [-0.4, -0.2) is 32.0 Å². The number of hydrogen-bond donors (Lipinski definition) is 2. The van der Waals surface area contributed by atoms with Crippen LogP contribution in [0.5, 0.6) is 0 Å². The van der Waals surface area contributed by atoms with Crippen LogP contribution in [0.2, 0.25) is 5.02 Å². The van der Waals surface area contributed by atoms with Crippen LogP contribution in [0.25, 0.3) is 11.4 Å². The number of halogens is 7. The molecule has 1 aromatic heterocycles. The van der Waals surface area contributed by atoms with Crippen LogP contribution >= 0.6 is 11.6 Å². The van der Waals surface area contributed by atoms with Crippen LogP contribution in [-0.2, 0) is 17.1 Å². The molecule has 0 aliphatic heterocycles. The van der Waals surface area contributed by atoms with E-state index < -0.39 is 52.7 Å². The maximum absolute atomic E-state index is 13.1. The lowest BCUT2D eigenvalue weighted by molar-refractivity contribution is -0.143. The van der Waals surface area contributed by atoms with E-state index in [-0.39, 0.29) is 11.6 Å². The molecule has 0 saturated heterocycles. The molecule has 2 amide bonds. The van der Waals surface area contributed by atoms with Gasteiger partial charge in [-0.2, -0.15) is 31.1 Å². The number of tetrazole rings is 1. The van der Waals surface area contributed by atoms with Gasteiger partial charge in [0.15, 0.2) is 6.04 Å². The van der Waals surface area contributed by atoms with Gasteiger partial charge in [0.2, 0.25) is 5.82 Å². The summed E-state index contributed by atoms with van der Waals surface area (Å²) in [6.07, 6.45) is -10.1. The van der Waals surface area contributed by atoms with Gasteiger partial charge in [0.1, 0.15) is 0 Å². The van der Waals surface area contributed by atoms with Crippen molar-refractivity contribution in [3.63, 3.8) is 0 Å². The summed E-state index contributed by atoms with van der Waals surface area (Å²) in [6.45, 7) is 1.27. The van der Waals surface area contributed by atoms with Gasteiger partial charge in [0.25, 0.3) is 11.8 Å². The SMILES string of the molecule is C[C@@H](C(=O)NNC(=O)c1ccc(Cl)cc1)n1nnc(-c2cc(C(F)(F)F)cc(C(F)(F)F)c2)n1. The van der Waals surface area contributed by atoms with Crippen molar-refractivity contribution in [3.05, 3.63) is 64.2 Å². The minimum Gasteiger partial charge on any atom is -0.271 e. The number of nitrogens with zero attached hydrogens (tertiary/aromatic N) is 4. The van der Waals surface area contributed by atoms with Crippen molar-refractivity contribution in [2.24, 2.45) is 0 Å². The van der Waals surface area contributed by atoms with Crippen molar-refractivity contribution >= 4 is 23.4 Å². The summed E-state index contributed by atoms with van der Waals surface area (Å²) >= 11 is 5.73. The molecule has 0 spiro atoms. The van der Waals surface area contributed by atoms with Crippen LogP contribution in [0.3, 0.4) is 0 Å². The zero-order chi connectivity index (χ0) is 25.3. The van der Waals surface area contributed by atoms with Crippen LogP contribution in [0.1, 0.15) is 34.5 Å². The highest BCUT2D eigenvalue weighted by Gasteiger charge is 2.37. The van der Waals surface area contributed by atoms with E-state index in [0.717, 1.165) is 0 Å². The summed E-state index contributed by atoms with van der Waals surface area (Å²) < 4.78 is 78.4. The summed E-state index contributed by atoms with van der Waals surface area (Å²) in [5.41, 5.74) is 0.719. The van der Waals surface area contributed by atoms with E-state index in [4.69, 9.17) is 11.6 Å². The molecule has 0 radical (unpaired) electrons.